The Hall–Kier alpha value is -2.13. The van der Waals surface area contributed by atoms with E-state index in [4.69, 9.17) is 0 Å². The largest absolute Gasteiger partial charge is 0.310 e. The number of amides is 1. The second-order valence-electron chi connectivity index (χ2n) is 7.50. The van der Waals surface area contributed by atoms with Crippen molar-refractivity contribution in [3.05, 3.63) is 72.0 Å². The Morgan fingerprint density at radius 1 is 1.12 bits per heavy atom. The molecule has 2 aliphatic rings. The van der Waals surface area contributed by atoms with E-state index in [2.05, 4.69) is 53.6 Å². The number of nitrogens with zero attached hydrogens (tertiary/aromatic N) is 2. The van der Waals surface area contributed by atoms with Crippen LogP contribution >= 0.6 is 0 Å². The summed E-state index contributed by atoms with van der Waals surface area (Å²) >= 11 is 0. The highest BCUT2D eigenvalue weighted by atomic mass is 16.2. The zero-order chi connectivity index (χ0) is 25.2. The van der Waals surface area contributed by atoms with E-state index in [1.807, 2.05) is 60.6 Å². The molecule has 0 bridgehead atoms. The summed E-state index contributed by atoms with van der Waals surface area (Å²) in [7, 11) is 0. The van der Waals surface area contributed by atoms with Crippen LogP contribution in [0.5, 0.6) is 0 Å². The zero-order valence-electron chi connectivity index (χ0n) is 22.7. The molecule has 2 heterocycles. The first kappa shape index (κ1) is 30.9. The smallest absolute Gasteiger partial charge is 0.227 e. The van der Waals surface area contributed by atoms with Gasteiger partial charge in [-0.15, -0.1) is 0 Å². The first-order valence-electron chi connectivity index (χ1n) is 13.3. The number of carbonyl (C=O) groups excluding carboxylic acids is 1. The van der Waals surface area contributed by atoms with E-state index in [-0.39, 0.29) is 11.9 Å². The SMILES string of the molecule is C=C/C=C\C(=C/C)N(C(=O)CCC)C1CCN2CCc3ccccc3C2C1.CC.CC.CC. The van der Waals surface area contributed by atoms with Gasteiger partial charge < -0.3 is 4.90 Å². The molecule has 0 N–H and O–H groups in total. The van der Waals surface area contributed by atoms with Gasteiger partial charge in [-0.3, -0.25) is 9.69 Å². The maximum Gasteiger partial charge on any atom is 0.227 e. The van der Waals surface area contributed by atoms with Gasteiger partial charge in [-0.1, -0.05) is 97.5 Å². The van der Waals surface area contributed by atoms with E-state index >= 15 is 0 Å². The van der Waals surface area contributed by atoms with Crippen molar-refractivity contribution >= 4 is 5.91 Å². The fourth-order valence-corrected chi connectivity index (χ4v) is 4.55. The second-order valence-corrected chi connectivity index (χ2v) is 7.50. The molecule has 1 saturated heterocycles. The second kappa shape index (κ2) is 18.3. The molecule has 186 valence electrons. The fourth-order valence-electron chi connectivity index (χ4n) is 4.55. The average Bonchev–Trinajstić information content (AvgIpc) is 2.89. The van der Waals surface area contributed by atoms with Gasteiger partial charge in [0.15, 0.2) is 0 Å². The molecule has 0 aliphatic carbocycles. The van der Waals surface area contributed by atoms with Gasteiger partial charge in [0, 0.05) is 37.3 Å². The standard InChI is InChI=1S/C24H32N2O.3C2H6/c1-4-7-12-20(6-3)26(24(27)10-5-2)21-15-17-25-16-14-19-11-8-9-13-22(19)23(25)18-21;3*1-2/h4,6-9,11-13,21,23H,1,5,10,14-18H2,2-3H3;3*1-2H3/b12-7-,20-6+;;;. The molecule has 3 heteroatoms. The van der Waals surface area contributed by atoms with E-state index in [1.165, 1.54) is 11.1 Å². The van der Waals surface area contributed by atoms with Crippen LogP contribution in [0.15, 0.2) is 60.8 Å². The predicted molar refractivity (Wildman–Crippen MR) is 146 cm³/mol. The molecule has 1 aromatic rings. The molecule has 1 aromatic carbocycles. The molecule has 0 saturated carbocycles. The highest BCUT2D eigenvalue weighted by Crippen LogP contribution is 2.39. The Labute approximate surface area is 205 Å². The van der Waals surface area contributed by atoms with Gasteiger partial charge in [0.1, 0.15) is 0 Å². The van der Waals surface area contributed by atoms with E-state index in [0.717, 1.165) is 44.5 Å². The predicted octanol–water partition coefficient (Wildman–Crippen LogP) is 8.10. The molecule has 33 heavy (non-hydrogen) atoms. The molecule has 2 aliphatic heterocycles. The molecule has 0 radical (unpaired) electrons. The van der Waals surface area contributed by atoms with Gasteiger partial charge in [-0.25, -0.2) is 0 Å². The quantitative estimate of drug-likeness (QED) is 0.405. The van der Waals surface area contributed by atoms with Crippen LogP contribution in [0.2, 0.25) is 0 Å². The Balaban J connectivity index is 0.00000158. The van der Waals surface area contributed by atoms with Crippen molar-refractivity contribution in [2.45, 2.75) is 99.6 Å². The van der Waals surface area contributed by atoms with E-state index < -0.39 is 0 Å². The molecule has 1 fully saturated rings. The van der Waals surface area contributed by atoms with Crippen LogP contribution in [-0.4, -0.2) is 34.8 Å². The van der Waals surface area contributed by atoms with Crippen molar-refractivity contribution in [3.8, 4) is 0 Å². The monoisotopic (exact) mass is 454 g/mol. The van der Waals surface area contributed by atoms with Gasteiger partial charge in [0.05, 0.1) is 0 Å². The van der Waals surface area contributed by atoms with Crippen LogP contribution in [-0.2, 0) is 11.2 Å². The highest BCUT2D eigenvalue weighted by Gasteiger charge is 2.37. The van der Waals surface area contributed by atoms with Crippen molar-refractivity contribution in [3.63, 3.8) is 0 Å². The van der Waals surface area contributed by atoms with Gasteiger partial charge in [-0.2, -0.15) is 0 Å². The van der Waals surface area contributed by atoms with Crippen molar-refractivity contribution in [2.75, 3.05) is 13.1 Å². The summed E-state index contributed by atoms with van der Waals surface area (Å²) in [6, 6.07) is 9.51. The number of allylic oxidation sites excluding steroid dienone is 4. The lowest BCUT2D eigenvalue weighted by Crippen LogP contribution is -2.49. The maximum absolute atomic E-state index is 13.0. The van der Waals surface area contributed by atoms with E-state index in [0.29, 0.717) is 12.5 Å². The van der Waals surface area contributed by atoms with Gasteiger partial charge in [-0.05, 0) is 49.8 Å². The molecule has 2 atom stereocenters. The lowest BCUT2D eigenvalue weighted by Gasteiger charge is -2.46. The van der Waals surface area contributed by atoms with Gasteiger partial charge in [0.25, 0.3) is 0 Å². The van der Waals surface area contributed by atoms with Crippen molar-refractivity contribution in [1.82, 2.24) is 9.80 Å². The van der Waals surface area contributed by atoms with Crippen molar-refractivity contribution in [2.24, 2.45) is 0 Å². The molecule has 2 unspecified atom stereocenters. The summed E-state index contributed by atoms with van der Waals surface area (Å²) < 4.78 is 0. The summed E-state index contributed by atoms with van der Waals surface area (Å²) in [4.78, 5) is 17.7. The number of hydrogen-bond acceptors (Lipinski definition) is 2. The molecular formula is C30H50N2O. The molecule has 3 nitrogen and oxygen atoms in total. The number of rotatable bonds is 6. The van der Waals surface area contributed by atoms with Crippen molar-refractivity contribution < 1.29 is 4.79 Å². The molecular weight excluding hydrogens is 404 g/mol. The Morgan fingerprint density at radius 2 is 1.79 bits per heavy atom. The van der Waals surface area contributed by atoms with Gasteiger partial charge >= 0.3 is 0 Å². The molecule has 0 spiro atoms. The van der Waals surface area contributed by atoms with Gasteiger partial charge in [0.2, 0.25) is 5.91 Å². The van der Waals surface area contributed by atoms with Crippen LogP contribution in [0.1, 0.15) is 98.2 Å². The minimum atomic E-state index is 0.238. The van der Waals surface area contributed by atoms with Crippen LogP contribution < -0.4 is 0 Å². The highest BCUT2D eigenvalue weighted by molar-refractivity contribution is 5.79. The van der Waals surface area contributed by atoms with E-state index in [9.17, 15) is 4.79 Å². The average molecular weight is 455 g/mol. The molecule has 1 amide bonds. The Bertz CT molecular complexity index is 735. The zero-order valence-corrected chi connectivity index (χ0v) is 22.7. The minimum Gasteiger partial charge on any atom is -0.310 e. The molecule has 0 aromatic heterocycles. The fraction of sp³-hybridized carbons (Fsp3) is 0.567. The summed E-state index contributed by atoms with van der Waals surface area (Å²) in [5.74, 6) is 0.238. The molecule has 3 rings (SSSR count). The first-order valence-corrected chi connectivity index (χ1v) is 13.3. The third kappa shape index (κ3) is 8.62. The van der Waals surface area contributed by atoms with E-state index in [1.54, 1.807) is 6.08 Å². The number of fused-ring (bicyclic) bond motifs is 3. The van der Waals surface area contributed by atoms with Crippen LogP contribution in [0.3, 0.4) is 0 Å². The summed E-state index contributed by atoms with van der Waals surface area (Å²) in [6.45, 7) is 22.0. The minimum absolute atomic E-state index is 0.238. The summed E-state index contributed by atoms with van der Waals surface area (Å²) in [5.41, 5.74) is 3.93. The third-order valence-electron chi connectivity index (χ3n) is 5.84. The Morgan fingerprint density at radius 3 is 2.39 bits per heavy atom. The normalized spacial score (nSPS) is 19.3. The number of piperidine rings is 1. The summed E-state index contributed by atoms with van der Waals surface area (Å²) in [6.07, 6.45) is 12.4. The van der Waals surface area contributed by atoms with Crippen LogP contribution in [0.4, 0.5) is 0 Å². The maximum atomic E-state index is 13.0. The lowest BCUT2D eigenvalue weighted by atomic mass is 9.84. The number of carbonyl (C=O) groups is 1. The van der Waals surface area contributed by atoms with Crippen molar-refractivity contribution in [1.29, 1.82) is 0 Å². The van der Waals surface area contributed by atoms with Crippen LogP contribution in [0, 0.1) is 0 Å². The summed E-state index contributed by atoms with van der Waals surface area (Å²) in [5, 5.41) is 0. The number of hydrogen-bond donors (Lipinski definition) is 0. The Kier molecular flexibility index (Phi) is 17.1. The lowest BCUT2D eigenvalue weighted by molar-refractivity contribution is -0.132. The number of benzene rings is 1. The third-order valence-corrected chi connectivity index (χ3v) is 5.84. The topological polar surface area (TPSA) is 23.6 Å². The first-order chi connectivity index (χ1) is 16.2. The van der Waals surface area contributed by atoms with Crippen LogP contribution in [0.25, 0.3) is 0 Å².